The molecule has 2 aromatic carbocycles. The summed E-state index contributed by atoms with van der Waals surface area (Å²) in [5, 5.41) is 5.90. The number of ether oxygens (including phenoxy) is 2. The fourth-order valence-corrected chi connectivity index (χ4v) is 2.47. The van der Waals surface area contributed by atoms with Gasteiger partial charge in [-0.05, 0) is 75.8 Å². The molecule has 0 saturated heterocycles. The van der Waals surface area contributed by atoms with Gasteiger partial charge in [-0.1, -0.05) is 13.0 Å². The molecule has 1 amide bonds. The van der Waals surface area contributed by atoms with E-state index in [9.17, 15) is 4.79 Å². The Morgan fingerprint density at radius 3 is 2.37 bits per heavy atom. The Morgan fingerprint density at radius 2 is 1.74 bits per heavy atom. The van der Waals surface area contributed by atoms with Crippen molar-refractivity contribution < 1.29 is 14.3 Å². The highest BCUT2D eigenvalue weighted by molar-refractivity contribution is 7.80. The van der Waals surface area contributed by atoms with E-state index in [0.717, 1.165) is 23.6 Å². The monoisotopic (exact) mass is 386 g/mol. The third-order valence-electron chi connectivity index (χ3n) is 3.72. The van der Waals surface area contributed by atoms with Crippen molar-refractivity contribution >= 4 is 28.9 Å². The lowest BCUT2D eigenvalue weighted by Gasteiger charge is -2.14. The van der Waals surface area contributed by atoms with Gasteiger partial charge in [-0.15, -0.1) is 0 Å². The van der Waals surface area contributed by atoms with Crippen molar-refractivity contribution in [3.8, 4) is 11.5 Å². The molecule has 5 nitrogen and oxygen atoms in total. The van der Waals surface area contributed by atoms with Crippen molar-refractivity contribution in [3.63, 3.8) is 0 Å². The number of amides is 1. The Morgan fingerprint density at radius 1 is 1.04 bits per heavy atom. The number of thiocarbonyl (C=S) groups is 1. The third-order valence-corrected chi connectivity index (χ3v) is 3.92. The van der Waals surface area contributed by atoms with Gasteiger partial charge >= 0.3 is 0 Å². The van der Waals surface area contributed by atoms with E-state index in [0.29, 0.717) is 5.56 Å². The van der Waals surface area contributed by atoms with Crippen LogP contribution >= 0.6 is 12.2 Å². The molecule has 0 fully saturated rings. The first kappa shape index (κ1) is 20.7. The summed E-state index contributed by atoms with van der Waals surface area (Å²) in [6, 6.07) is 14.4. The van der Waals surface area contributed by atoms with E-state index in [1.54, 1.807) is 24.3 Å². The lowest BCUT2D eigenvalue weighted by Crippen LogP contribution is -2.34. The number of benzene rings is 2. The van der Waals surface area contributed by atoms with Crippen molar-refractivity contribution in [2.24, 2.45) is 0 Å². The fourth-order valence-electron chi connectivity index (χ4n) is 2.26. The summed E-state index contributed by atoms with van der Waals surface area (Å²) in [7, 11) is 0. The molecule has 1 atom stereocenters. The van der Waals surface area contributed by atoms with Crippen LogP contribution in [0.5, 0.6) is 11.5 Å². The molecule has 6 heteroatoms. The van der Waals surface area contributed by atoms with E-state index >= 15 is 0 Å². The van der Waals surface area contributed by atoms with Gasteiger partial charge in [0.15, 0.2) is 5.11 Å². The van der Waals surface area contributed by atoms with Gasteiger partial charge in [-0.3, -0.25) is 10.1 Å². The summed E-state index contributed by atoms with van der Waals surface area (Å²) in [4.78, 5) is 12.3. The highest BCUT2D eigenvalue weighted by Crippen LogP contribution is 2.19. The Hall–Kier alpha value is -2.60. The number of hydrogen-bond donors (Lipinski definition) is 2. The minimum atomic E-state index is -0.280. The maximum atomic E-state index is 12.3. The predicted molar refractivity (Wildman–Crippen MR) is 113 cm³/mol. The van der Waals surface area contributed by atoms with Crippen LogP contribution in [-0.2, 0) is 0 Å². The van der Waals surface area contributed by atoms with Crippen LogP contribution in [0, 0.1) is 0 Å². The summed E-state index contributed by atoms with van der Waals surface area (Å²) < 4.78 is 11.4. The standard InChI is InChI=1S/C21H26N2O3S/c1-5-15(4)26-18-11-9-16(10-12-18)20(24)23-21(27)22-17-7-6-8-19(13-17)25-14(2)3/h6-15H,5H2,1-4H3,(H2,22,23,24,27). The van der Waals surface area contributed by atoms with E-state index in [1.807, 2.05) is 45.0 Å². The lowest BCUT2D eigenvalue weighted by molar-refractivity contribution is 0.0977. The Kier molecular flexibility index (Phi) is 7.61. The van der Waals surface area contributed by atoms with Crippen molar-refractivity contribution in [3.05, 3.63) is 54.1 Å². The maximum absolute atomic E-state index is 12.3. The minimum Gasteiger partial charge on any atom is -0.491 e. The molecule has 27 heavy (non-hydrogen) atoms. The van der Waals surface area contributed by atoms with Crippen LogP contribution in [0.2, 0.25) is 0 Å². The molecule has 1 unspecified atom stereocenters. The van der Waals surface area contributed by atoms with E-state index in [2.05, 4.69) is 17.6 Å². The first-order valence-corrected chi connectivity index (χ1v) is 9.44. The van der Waals surface area contributed by atoms with Gasteiger partial charge < -0.3 is 14.8 Å². The van der Waals surface area contributed by atoms with Crippen molar-refractivity contribution in [1.82, 2.24) is 5.32 Å². The van der Waals surface area contributed by atoms with Gasteiger partial charge in [0.25, 0.3) is 5.91 Å². The molecule has 0 heterocycles. The molecule has 0 aliphatic heterocycles. The molecule has 0 aliphatic rings. The highest BCUT2D eigenvalue weighted by Gasteiger charge is 2.09. The van der Waals surface area contributed by atoms with E-state index in [-0.39, 0.29) is 23.2 Å². The summed E-state index contributed by atoms with van der Waals surface area (Å²) in [6.07, 6.45) is 1.14. The van der Waals surface area contributed by atoms with Crippen molar-refractivity contribution in [1.29, 1.82) is 0 Å². The van der Waals surface area contributed by atoms with Crippen LogP contribution in [0.15, 0.2) is 48.5 Å². The first-order valence-electron chi connectivity index (χ1n) is 9.03. The Labute approximate surface area is 166 Å². The second-order valence-electron chi connectivity index (χ2n) is 6.46. The van der Waals surface area contributed by atoms with Crippen LogP contribution < -0.4 is 20.1 Å². The van der Waals surface area contributed by atoms with Crippen LogP contribution in [0.25, 0.3) is 0 Å². The number of rotatable bonds is 7. The van der Waals surface area contributed by atoms with Gasteiger partial charge in [0.1, 0.15) is 11.5 Å². The van der Waals surface area contributed by atoms with E-state index < -0.39 is 0 Å². The van der Waals surface area contributed by atoms with Gasteiger partial charge in [-0.2, -0.15) is 0 Å². The van der Waals surface area contributed by atoms with Crippen LogP contribution in [0.1, 0.15) is 44.5 Å². The summed E-state index contributed by atoms with van der Waals surface area (Å²) >= 11 is 5.23. The topological polar surface area (TPSA) is 59.6 Å². The third kappa shape index (κ3) is 6.90. The quantitative estimate of drug-likeness (QED) is 0.671. The molecule has 0 aromatic heterocycles. The molecular formula is C21H26N2O3S. The van der Waals surface area contributed by atoms with E-state index in [1.165, 1.54) is 0 Å². The highest BCUT2D eigenvalue weighted by atomic mass is 32.1. The first-order chi connectivity index (χ1) is 12.9. The maximum Gasteiger partial charge on any atom is 0.257 e. The van der Waals surface area contributed by atoms with Gasteiger partial charge in [0, 0.05) is 17.3 Å². The van der Waals surface area contributed by atoms with Crippen molar-refractivity contribution in [2.75, 3.05) is 5.32 Å². The zero-order chi connectivity index (χ0) is 19.8. The number of anilines is 1. The number of nitrogens with one attached hydrogen (secondary N) is 2. The largest absolute Gasteiger partial charge is 0.491 e. The molecule has 0 radical (unpaired) electrons. The molecule has 0 bridgehead atoms. The fraction of sp³-hybridized carbons (Fsp3) is 0.333. The molecule has 0 aliphatic carbocycles. The Bertz CT molecular complexity index is 775. The SMILES string of the molecule is CCC(C)Oc1ccc(C(=O)NC(=S)Nc2cccc(OC(C)C)c2)cc1. The zero-order valence-electron chi connectivity index (χ0n) is 16.1. The zero-order valence-corrected chi connectivity index (χ0v) is 16.9. The molecule has 2 aromatic rings. The van der Waals surface area contributed by atoms with Crippen molar-refractivity contribution in [2.45, 2.75) is 46.3 Å². The average molecular weight is 387 g/mol. The summed E-state index contributed by atoms with van der Waals surface area (Å²) in [6.45, 7) is 7.99. The second kappa shape index (κ2) is 9.92. The van der Waals surface area contributed by atoms with Crippen LogP contribution in [0.4, 0.5) is 5.69 Å². The molecule has 144 valence electrons. The van der Waals surface area contributed by atoms with Gasteiger partial charge in [-0.25, -0.2) is 0 Å². The van der Waals surface area contributed by atoms with Crippen LogP contribution in [-0.4, -0.2) is 23.2 Å². The molecule has 2 N–H and O–H groups in total. The number of carbonyl (C=O) groups is 1. The molecule has 2 rings (SSSR count). The summed E-state index contributed by atoms with van der Waals surface area (Å²) in [5.41, 5.74) is 1.25. The molecule has 0 spiro atoms. The van der Waals surface area contributed by atoms with E-state index in [4.69, 9.17) is 21.7 Å². The molecule has 0 saturated carbocycles. The lowest BCUT2D eigenvalue weighted by atomic mass is 10.2. The second-order valence-corrected chi connectivity index (χ2v) is 6.87. The molecular weight excluding hydrogens is 360 g/mol. The number of carbonyl (C=O) groups excluding carboxylic acids is 1. The normalized spacial score (nSPS) is 11.6. The summed E-state index contributed by atoms with van der Waals surface area (Å²) in [5.74, 6) is 1.20. The average Bonchev–Trinajstić information content (AvgIpc) is 2.61. The van der Waals surface area contributed by atoms with Crippen LogP contribution in [0.3, 0.4) is 0 Å². The van der Waals surface area contributed by atoms with Gasteiger partial charge in [0.05, 0.1) is 12.2 Å². The van der Waals surface area contributed by atoms with Gasteiger partial charge in [0.2, 0.25) is 0 Å². The minimum absolute atomic E-state index is 0.0826. The predicted octanol–water partition coefficient (Wildman–Crippen LogP) is 4.78. The number of hydrogen-bond acceptors (Lipinski definition) is 4. The smallest absolute Gasteiger partial charge is 0.257 e. The Balaban J connectivity index is 1.92.